The summed E-state index contributed by atoms with van der Waals surface area (Å²) in [6.45, 7) is 0. The van der Waals surface area contributed by atoms with Gasteiger partial charge in [-0.1, -0.05) is 0 Å². The predicted octanol–water partition coefficient (Wildman–Crippen LogP) is 1.58. The maximum Gasteiger partial charge on any atom is 0.339 e. The fraction of sp³-hybridized carbons (Fsp3) is 0.533. The number of hydrogen-bond acceptors (Lipinski definition) is 6. The summed E-state index contributed by atoms with van der Waals surface area (Å²) < 4.78 is 56.3. The molecule has 2 fully saturated rings. The van der Waals surface area contributed by atoms with Gasteiger partial charge in [0.25, 0.3) is 0 Å². The maximum absolute atomic E-state index is 13.1. The van der Waals surface area contributed by atoms with Crippen molar-refractivity contribution in [2.24, 2.45) is 0 Å². The van der Waals surface area contributed by atoms with Gasteiger partial charge < -0.3 is 4.74 Å². The number of carbonyl (C=O) groups is 1. The van der Waals surface area contributed by atoms with E-state index in [0.717, 1.165) is 12.8 Å². The van der Waals surface area contributed by atoms with Crippen molar-refractivity contribution in [1.29, 1.82) is 0 Å². The zero-order valence-electron chi connectivity index (χ0n) is 13.5. The summed E-state index contributed by atoms with van der Waals surface area (Å²) in [6, 6.07) is 3.44. The maximum atomic E-state index is 13.1. The molecule has 0 radical (unpaired) electrons. The van der Waals surface area contributed by atoms with E-state index in [-0.39, 0.29) is 28.0 Å². The minimum Gasteiger partial charge on any atom is -0.465 e. The summed E-state index contributed by atoms with van der Waals surface area (Å²) in [5.41, 5.74) is 0.110. The quantitative estimate of drug-likeness (QED) is 0.630. The Kier molecular flexibility index (Phi) is 5.00. The second-order valence-corrected chi connectivity index (χ2v) is 11.2. The Morgan fingerprint density at radius 3 is 2.44 bits per heavy atom. The molecule has 0 N–H and O–H groups in total. The summed E-state index contributed by atoms with van der Waals surface area (Å²) in [5.74, 6) is -0.793. The van der Waals surface area contributed by atoms with Crippen molar-refractivity contribution in [2.75, 3.05) is 18.6 Å². The molecule has 1 aromatic rings. The van der Waals surface area contributed by atoms with Crippen molar-refractivity contribution >= 4 is 41.8 Å². The van der Waals surface area contributed by atoms with Crippen LogP contribution in [0.3, 0.4) is 0 Å². The van der Waals surface area contributed by atoms with Crippen molar-refractivity contribution in [1.82, 2.24) is 4.31 Å². The Balaban J connectivity index is 2.01. The topological polar surface area (TPSA) is 97.8 Å². The first-order chi connectivity index (χ1) is 11.7. The lowest BCUT2D eigenvalue weighted by Gasteiger charge is -2.27. The van der Waals surface area contributed by atoms with Gasteiger partial charge in [0.1, 0.15) is 0 Å². The molecule has 0 spiro atoms. The number of carbonyl (C=O) groups excluding carboxylic acids is 1. The SMILES string of the molecule is COC(=O)c1cc(S(=O)(=O)N(C2CC2)C2CCS(=O)(=O)C2)ccc1Br. The normalized spacial score (nSPS) is 22.9. The van der Waals surface area contributed by atoms with Crippen LogP contribution < -0.4 is 0 Å². The molecule has 0 bridgehead atoms. The van der Waals surface area contributed by atoms with E-state index in [1.54, 1.807) is 0 Å². The summed E-state index contributed by atoms with van der Waals surface area (Å²) in [5, 5.41) is 0. The second kappa shape index (κ2) is 6.64. The van der Waals surface area contributed by atoms with Crippen LogP contribution in [0.2, 0.25) is 0 Å². The van der Waals surface area contributed by atoms with Crippen molar-refractivity contribution in [3.05, 3.63) is 28.2 Å². The van der Waals surface area contributed by atoms with Gasteiger partial charge in [-0.2, -0.15) is 4.31 Å². The Morgan fingerprint density at radius 1 is 1.24 bits per heavy atom. The van der Waals surface area contributed by atoms with Gasteiger partial charge >= 0.3 is 5.97 Å². The highest BCUT2D eigenvalue weighted by molar-refractivity contribution is 9.10. The molecule has 1 aromatic carbocycles. The van der Waals surface area contributed by atoms with E-state index in [1.807, 2.05) is 0 Å². The van der Waals surface area contributed by atoms with Gasteiger partial charge in [0.2, 0.25) is 10.0 Å². The second-order valence-electron chi connectivity index (χ2n) is 6.26. The summed E-state index contributed by atoms with van der Waals surface area (Å²) in [6.07, 6.45) is 1.74. The lowest BCUT2D eigenvalue weighted by atomic mass is 10.2. The van der Waals surface area contributed by atoms with Crippen LogP contribution in [0.1, 0.15) is 29.6 Å². The molecule has 138 valence electrons. The van der Waals surface area contributed by atoms with Gasteiger partial charge in [0.15, 0.2) is 9.84 Å². The molecular weight excluding hydrogens is 434 g/mol. The van der Waals surface area contributed by atoms with Gasteiger partial charge in [-0.15, -0.1) is 0 Å². The number of rotatable bonds is 5. The monoisotopic (exact) mass is 451 g/mol. The average molecular weight is 452 g/mol. The Hall–Kier alpha value is -0.970. The van der Waals surface area contributed by atoms with Crippen molar-refractivity contribution in [2.45, 2.75) is 36.2 Å². The zero-order valence-corrected chi connectivity index (χ0v) is 16.7. The van der Waals surface area contributed by atoms with Gasteiger partial charge in [-0.25, -0.2) is 21.6 Å². The number of ether oxygens (including phenoxy) is 1. The Labute approximate surface area is 155 Å². The highest BCUT2D eigenvalue weighted by Crippen LogP contribution is 2.37. The highest BCUT2D eigenvalue weighted by atomic mass is 79.9. The highest BCUT2D eigenvalue weighted by Gasteiger charge is 2.46. The number of hydrogen-bond donors (Lipinski definition) is 0. The van der Waals surface area contributed by atoms with E-state index >= 15 is 0 Å². The third-order valence-corrected chi connectivity index (χ3v) is 8.84. The minimum atomic E-state index is -3.91. The Bertz CT molecular complexity index is 908. The van der Waals surface area contributed by atoms with Crippen LogP contribution in [0.15, 0.2) is 27.6 Å². The third kappa shape index (κ3) is 3.76. The largest absolute Gasteiger partial charge is 0.465 e. The van der Waals surface area contributed by atoms with Crippen LogP contribution in [-0.2, 0) is 24.6 Å². The summed E-state index contributed by atoms with van der Waals surface area (Å²) in [7, 11) is -5.90. The molecule has 10 heteroatoms. The predicted molar refractivity (Wildman–Crippen MR) is 94.6 cm³/mol. The fourth-order valence-electron chi connectivity index (χ4n) is 3.05. The van der Waals surface area contributed by atoms with Crippen LogP contribution in [0.4, 0.5) is 0 Å². The first-order valence-electron chi connectivity index (χ1n) is 7.77. The standard InChI is InChI=1S/C15H18BrNO6S2/c1-23-15(18)13-8-12(4-5-14(13)16)25(21,22)17(10-2-3-10)11-6-7-24(19,20)9-11/h4-5,8,10-11H,2-3,6-7,9H2,1H3. The lowest BCUT2D eigenvalue weighted by molar-refractivity contribution is 0.0599. The summed E-state index contributed by atoms with van der Waals surface area (Å²) in [4.78, 5) is 11.8. The number of esters is 1. The lowest BCUT2D eigenvalue weighted by Crippen LogP contribution is -2.42. The fourth-order valence-corrected chi connectivity index (χ4v) is 7.19. The van der Waals surface area contributed by atoms with Crippen LogP contribution in [-0.4, -0.2) is 57.8 Å². The molecule has 1 saturated heterocycles. The average Bonchev–Trinajstić information content (AvgIpc) is 3.30. The van der Waals surface area contributed by atoms with E-state index in [2.05, 4.69) is 20.7 Å². The zero-order chi connectivity index (χ0) is 18.4. The number of halogens is 1. The van der Waals surface area contributed by atoms with Gasteiger partial charge in [0.05, 0.1) is 29.1 Å². The molecule has 1 atom stereocenters. The first-order valence-corrected chi connectivity index (χ1v) is 11.8. The van der Waals surface area contributed by atoms with Crippen LogP contribution in [0, 0.1) is 0 Å². The third-order valence-electron chi connectivity index (χ3n) is 4.39. The van der Waals surface area contributed by atoms with E-state index in [4.69, 9.17) is 0 Å². The molecular formula is C15H18BrNO6S2. The smallest absolute Gasteiger partial charge is 0.339 e. The molecule has 0 amide bonds. The number of nitrogens with zero attached hydrogens (tertiary/aromatic N) is 1. The molecule has 25 heavy (non-hydrogen) atoms. The van der Waals surface area contributed by atoms with Crippen molar-refractivity contribution in [3.63, 3.8) is 0 Å². The van der Waals surface area contributed by atoms with Gasteiger partial charge in [-0.05, 0) is 53.4 Å². The number of sulfonamides is 1. The van der Waals surface area contributed by atoms with Gasteiger partial charge in [-0.3, -0.25) is 0 Å². The van der Waals surface area contributed by atoms with Crippen LogP contribution in [0.25, 0.3) is 0 Å². The molecule has 1 saturated carbocycles. The van der Waals surface area contributed by atoms with Crippen molar-refractivity contribution in [3.8, 4) is 0 Å². The van der Waals surface area contributed by atoms with Gasteiger partial charge in [0, 0.05) is 16.6 Å². The first kappa shape index (κ1) is 18.8. The minimum absolute atomic E-state index is 0.00412. The molecule has 2 aliphatic rings. The molecule has 1 aliphatic heterocycles. The number of benzene rings is 1. The molecule has 1 aliphatic carbocycles. The number of sulfone groups is 1. The van der Waals surface area contributed by atoms with Crippen molar-refractivity contribution < 1.29 is 26.4 Å². The molecule has 1 heterocycles. The van der Waals surface area contributed by atoms with E-state index < -0.39 is 31.9 Å². The summed E-state index contributed by atoms with van der Waals surface area (Å²) >= 11 is 3.21. The Morgan fingerprint density at radius 2 is 1.92 bits per heavy atom. The van der Waals surface area contributed by atoms with E-state index in [9.17, 15) is 21.6 Å². The molecule has 7 nitrogen and oxygen atoms in total. The number of methoxy groups -OCH3 is 1. The molecule has 1 unspecified atom stereocenters. The van der Waals surface area contributed by atoms with Crippen LogP contribution >= 0.6 is 15.9 Å². The van der Waals surface area contributed by atoms with E-state index in [0.29, 0.717) is 10.9 Å². The molecule has 3 rings (SSSR count). The molecule has 0 aromatic heterocycles. The van der Waals surface area contributed by atoms with E-state index in [1.165, 1.54) is 29.6 Å². The van der Waals surface area contributed by atoms with Crippen LogP contribution in [0.5, 0.6) is 0 Å².